The minimum absolute atomic E-state index is 0.0742. The van der Waals surface area contributed by atoms with E-state index in [1.165, 1.54) is 12.1 Å². The fraction of sp³-hybridized carbons (Fsp3) is 0.500. The first-order valence-electron chi connectivity index (χ1n) is 7.43. The standard InChI is InChI=1S/C16H19ClFNO4/c1-16(7-3-2-4-11(16)15(21)22)19-14(20)9-23-13-6-5-10(18)8-12(13)17/h5-6,8,11H,2-4,7,9H2,1H3,(H,19,20)(H,21,22). The van der Waals surface area contributed by atoms with E-state index in [4.69, 9.17) is 16.3 Å². The molecule has 0 aromatic heterocycles. The summed E-state index contributed by atoms with van der Waals surface area (Å²) in [5, 5.41) is 12.2. The quantitative estimate of drug-likeness (QED) is 0.861. The maximum atomic E-state index is 12.9. The van der Waals surface area contributed by atoms with Crippen LogP contribution in [-0.4, -0.2) is 29.1 Å². The van der Waals surface area contributed by atoms with Crippen LogP contribution in [0.25, 0.3) is 0 Å². The van der Waals surface area contributed by atoms with Gasteiger partial charge in [0.2, 0.25) is 0 Å². The molecule has 0 heterocycles. The molecule has 2 unspecified atom stereocenters. The summed E-state index contributed by atoms with van der Waals surface area (Å²) in [5.41, 5.74) is -0.795. The van der Waals surface area contributed by atoms with E-state index >= 15 is 0 Å². The van der Waals surface area contributed by atoms with Crippen LogP contribution in [0.5, 0.6) is 5.75 Å². The molecular formula is C16H19ClFNO4. The largest absolute Gasteiger partial charge is 0.482 e. The second-order valence-corrected chi connectivity index (χ2v) is 6.37. The lowest BCUT2D eigenvalue weighted by molar-refractivity contribution is -0.146. The summed E-state index contributed by atoms with van der Waals surface area (Å²) in [4.78, 5) is 23.5. The smallest absolute Gasteiger partial charge is 0.308 e. The number of carbonyl (C=O) groups is 2. The fourth-order valence-electron chi connectivity index (χ4n) is 2.97. The Bertz CT molecular complexity index is 610. The number of aliphatic carboxylic acids is 1. The Morgan fingerprint density at radius 3 is 2.87 bits per heavy atom. The molecule has 1 amide bonds. The van der Waals surface area contributed by atoms with Crippen LogP contribution < -0.4 is 10.1 Å². The molecule has 1 aromatic carbocycles. The Morgan fingerprint density at radius 1 is 1.48 bits per heavy atom. The molecule has 1 fully saturated rings. The van der Waals surface area contributed by atoms with Gasteiger partial charge in [-0.25, -0.2) is 4.39 Å². The molecule has 0 bridgehead atoms. The third-order valence-electron chi connectivity index (χ3n) is 4.18. The van der Waals surface area contributed by atoms with Crippen LogP contribution in [0.4, 0.5) is 4.39 Å². The van der Waals surface area contributed by atoms with Crippen LogP contribution >= 0.6 is 11.6 Å². The van der Waals surface area contributed by atoms with Crippen molar-refractivity contribution in [3.8, 4) is 5.75 Å². The Kier molecular flexibility index (Phi) is 5.46. The monoisotopic (exact) mass is 343 g/mol. The van der Waals surface area contributed by atoms with Gasteiger partial charge in [-0.2, -0.15) is 0 Å². The van der Waals surface area contributed by atoms with Crippen molar-refractivity contribution in [3.05, 3.63) is 29.0 Å². The first kappa shape index (κ1) is 17.5. The van der Waals surface area contributed by atoms with Gasteiger partial charge in [-0.3, -0.25) is 9.59 Å². The highest BCUT2D eigenvalue weighted by molar-refractivity contribution is 6.32. The molecule has 7 heteroatoms. The SMILES string of the molecule is CC1(NC(=O)COc2ccc(F)cc2Cl)CCCCC1C(=O)O. The zero-order chi connectivity index (χ0) is 17.0. The molecule has 0 aliphatic heterocycles. The number of amides is 1. The van der Waals surface area contributed by atoms with Gasteiger partial charge in [0.15, 0.2) is 6.61 Å². The molecule has 1 aliphatic rings. The Labute approximate surface area is 138 Å². The van der Waals surface area contributed by atoms with E-state index < -0.39 is 29.2 Å². The second-order valence-electron chi connectivity index (χ2n) is 5.97. The number of carbonyl (C=O) groups excluding carboxylic acids is 1. The lowest BCUT2D eigenvalue weighted by Gasteiger charge is -2.39. The predicted molar refractivity (Wildman–Crippen MR) is 83.0 cm³/mol. The normalized spacial score (nSPS) is 24.0. The molecule has 5 nitrogen and oxygen atoms in total. The van der Waals surface area contributed by atoms with Crippen molar-refractivity contribution < 1.29 is 23.8 Å². The Morgan fingerprint density at radius 2 is 2.22 bits per heavy atom. The summed E-state index contributed by atoms with van der Waals surface area (Å²) in [7, 11) is 0. The summed E-state index contributed by atoms with van der Waals surface area (Å²) < 4.78 is 18.2. The van der Waals surface area contributed by atoms with Crippen LogP contribution in [-0.2, 0) is 9.59 Å². The van der Waals surface area contributed by atoms with Crippen molar-refractivity contribution in [3.63, 3.8) is 0 Å². The number of rotatable bonds is 5. The second kappa shape index (κ2) is 7.17. The van der Waals surface area contributed by atoms with E-state index in [1.807, 2.05) is 0 Å². The lowest BCUT2D eigenvalue weighted by Crippen LogP contribution is -2.56. The molecule has 2 atom stereocenters. The van der Waals surface area contributed by atoms with Gasteiger partial charge in [0, 0.05) is 0 Å². The number of hydrogen-bond donors (Lipinski definition) is 2. The zero-order valence-corrected chi connectivity index (χ0v) is 13.5. The Balaban J connectivity index is 1.96. The summed E-state index contributed by atoms with van der Waals surface area (Å²) >= 11 is 5.82. The van der Waals surface area contributed by atoms with Gasteiger partial charge >= 0.3 is 5.97 Å². The van der Waals surface area contributed by atoms with Crippen molar-refractivity contribution in [2.45, 2.75) is 38.1 Å². The van der Waals surface area contributed by atoms with Crippen molar-refractivity contribution in [2.24, 2.45) is 5.92 Å². The molecule has 1 aliphatic carbocycles. The summed E-state index contributed by atoms with van der Waals surface area (Å²) in [6, 6.07) is 3.62. The third kappa shape index (κ3) is 4.34. The van der Waals surface area contributed by atoms with E-state index in [2.05, 4.69) is 5.32 Å². The van der Waals surface area contributed by atoms with Gasteiger partial charge < -0.3 is 15.2 Å². The summed E-state index contributed by atoms with van der Waals surface area (Å²) in [6.07, 6.45) is 2.85. The minimum Gasteiger partial charge on any atom is -0.482 e. The number of carboxylic acids is 1. The van der Waals surface area contributed by atoms with Crippen molar-refractivity contribution in [2.75, 3.05) is 6.61 Å². The molecule has 23 heavy (non-hydrogen) atoms. The fourth-order valence-corrected chi connectivity index (χ4v) is 3.19. The van der Waals surface area contributed by atoms with Gasteiger partial charge in [-0.15, -0.1) is 0 Å². The zero-order valence-electron chi connectivity index (χ0n) is 12.8. The lowest BCUT2D eigenvalue weighted by atomic mass is 9.74. The van der Waals surface area contributed by atoms with Crippen LogP contribution in [0.3, 0.4) is 0 Å². The summed E-state index contributed by atoms with van der Waals surface area (Å²) in [5.74, 6) is -2.25. The van der Waals surface area contributed by atoms with Crippen LogP contribution in [0.1, 0.15) is 32.6 Å². The average molecular weight is 344 g/mol. The highest BCUT2D eigenvalue weighted by atomic mass is 35.5. The van der Waals surface area contributed by atoms with Crippen LogP contribution in [0, 0.1) is 11.7 Å². The van der Waals surface area contributed by atoms with E-state index in [0.29, 0.717) is 12.8 Å². The van der Waals surface area contributed by atoms with Gasteiger partial charge in [0.05, 0.1) is 16.5 Å². The molecule has 0 radical (unpaired) electrons. The molecule has 126 valence electrons. The third-order valence-corrected chi connectivity index (χ3v) is 4.48. The van der Waals surface area contributed by atoms with Crippen LogP contribution in [0.2, 0.25) is 5.02 Å². The highest BCUT2D eigenvalue weighted by Gasteiger charge is 2.42. The molecule has 2 N–H and O–H groups in total. The maximum absolute atomic E-state index is 12.9. The number of nitrogens with one attached hydrogen (secondary N) is 1. The molecule has 1 saturated carbocycles. The van der Waals surface area contributed by atoms with Crippen molar-refractivity contribution in [1.29, 1.82) is 0 Å². The van der Waals surface area contributed by atoms with E-state index in [0.717, 1.165) is 18.9 Å². The van der Waals surface area contributed by atoms with Gasteiger partial charge in [0.1, 0.15) is 11.6 Å². The van der Waals surface area contributed by atoms with Gasteiger partial charge in [0.25, 0.3) is 5.91 Å². The minimum atomic E-state index is -0.907. The molecule has 0 spiro atoms. The first-order chi connectivity index (χ1) is 10.8. The Hall–Kier alpha value is -1.82. The predicted octanol–water partition coefficient (Wildman–Crippen LogP) is 3.01. The number of hydrogen-bond acceptors (Lipinski definition) is 3. The number of benzene rings is 1. The molecular weight excluding hydrogens is 325 g/mol. The van der Waals surface area contributed by atoms with Crippen molar-refractivity contribution in [1.82, 2.24) is 5.32 Å². The van der Waals surface area contributed by atoms with E-state index in [-0.39, 0.29) is 17.4 Å². The van der Waals surface area contributed by atoms with Crippen LogP contribution in [0.15, 0.2) is 18.2 Å². The number of carboxylic acid groups (broad SMARTS) is 1. The number of halogens is 2. The highest BCUT2D eigenvalue weighted by Crippen LogP contribution is 2.34. The van der Waals surface area contributed by atoms with E-state index in [1.54, 1.807) is 6.92 Å². The van der Waals surface area contributed by atoms with E-state index in [9.17, 15) is 19.1 Å². The van der Waals surface area contributed by atoms with Gasteiger partial charge in [-0.05, 0) is 38.0 Å². The molecule has 0 saturated heterocycles. The topological polar surface area (TPSA) is 75.6 Å². The van der Waals surface area contributed by atoms with Crippen molar-refractivity contribution >= 4 is 23.5 Å². The molecule has 1 aromatic rings. The first-order valence-corrected chi connectivity index (χ1v) is 7.81. The van der Waals surface area contributed by atoms with Gasteiger partial charge in [-0.1, -0.05) is 24.4 Å². The maximum Gasteiger partial charge on any atom is 0.308 e. The average Bonchev–Trinajstić information content (AvgIpc) is 2.46. The summed E-state index contributed by atoms with van der Waals surface area (Å²) in [6.45, 7) is 1.43. The number of ether oxygens (including phenoxy) is 1. The molecule has 2 rings (SSSR count).